The van der Waals surface area contributed by atoms with Crippen LogP contribution in [0.15, 0.2) is 39.4 Å². The van der Waals surface area contributed by atoms with Gasteiger partial charge < -0.3 is 10.2 Å². The van der Waals surface area contributed by atoms with Gasteiger partial charge in [0.2, 0.25) is 0 Å². The van der Waals surface area contributed by atoms with Gasteiger partial charge in [-0.25, -0.2) is 0 Å². The molecule has 0 radical (unpaired) electrons. The van der Waals surface area contributed by atoms with E-state index >= 15 is 0 Å². The molecule has 0 spiro atoms. The summed E-state index contributed by atoms with van der Waals surface area (Å²) >= 11 is 15.3. The molecule has 132 valence electrons. The van der Waals surface area contributed by atoms with Gasteiger partial charge in [-0.05, 0) is 56.1 Å². The van der Waals surface area contributed by atoms with Crippen molar-refractivity contribution < 1.29 is 4.79 Å². The van der Waals surface area contributed by atoms with Crippen LogP contribution in [0.1, 0.15) is 22.5 Å². The Balaban J connectivity index is 1.42. The van der Waals surface area contributed by atoms with E-state index in [4.69, 9.17) is 23.2 Å². The monoisotopic (exact) mass is 412 g/mol. The Bertz CT molecular complexity index is 787. The van der Waals surface area contributed by atoms with E-state index < -0.39 is 0 Å². The van der Waals surface area contributed by atoms with Gasteiger partial charge >= 0.3 is 0 Å². The summed E-state index contributed by atoms with van der Waals surface area (Å²) in [5, 5.41) is 4.34. The highest BCUT2D eigenvalue weighted by atomic mass is 35.5. The molecule has 5 rings (SSSR count). The number of amides is 1. The Morgan fingerprint density at radius 1 is 1.20 bits per heavy atom. The fraction of sp³-hybridized carbons (Fsp3) is 0.389. The number of benzene rings is 1. The molecule has 1 atom stereocenters. The second kappa shape index (κ2) is 7.49. The zero-order valence-corrected chi connectivity index (χ0v) is 16.6. The zero-order chi connectivity index (χ0) is 17.4. The van der Waals surface area contributed by atoms with Gasteiger partial charge in [0.1, 0.15) is 0 Å². The van der Waals surface area contributed by atoms with Crippen LogP contribution < -0.4 is 5.32 Å². The summed E-state index contributed by atoms with van der Waals surface area (Å²) in [4.78, 5) is 16.7. The number of hydrogen-bond donors (Lipinski definition) is 1. The minimum absolute atomic E-state index is 0.0350. The topological polar surface area (TPSA) is 32.3 Å². The number of carbonyl (C=O) groups excluding carboxylic acids is 1. The van der Waals surface area contributed by atoms with Crippen molar-refractivity contribution in [1.29, 1.82) is 0 Å². The number of piperidine rings is 3. The van der Waals surface area contributed by atoms with Crippen molar-refractivity contribution in [2.24, 2.45) is 5.92 Å². The first-order valence-corrected chi connectivity index (χ1v) is 10.7. The van der Waals surface area contributed by atoms with Crippen molar-refractivity contribution in [1.82, 2.24) is 10.2 Å². The van der Waals surface area contributed by atoms with Gasteiger partial charge in [0, 0.05) is 17.5 Å². The van der Waals surface area contributed by atoms with Gasteiger partial charge in [-0.3, -0.25) is 4.79 Å². The van der Waals surface area contributed by atoms with E-state index in [1.54, 1.807) is 6.07 Å². The van der Waals surface area contributed by atoms with E-state index in [1.807, 2.05) is 24.3 Å². The quantitative estimate of drug-likeness (QED) is 0.763. The standard InChI is InChI=1S/C18H18Cl2N2OS2/c19-12-2-1-3-14(17(12)20)24-16-5-4-15(25-16)18(23)21-13-10-22-8-6-11(13)7-9-22/h1-5,11,13H,6-10H2,(H,21,23). The molecular weight excluding hydrogens is 395 g/mol. The third-order valence-electron chi connectivity index (χ3n) is 4.90. The fourth-order valence-electron chi connectivity index (χ4n) is 3.54. The van der Waals surface area contributed by atoms with E-state index in [-0.39, 0.29) is 11.9 Å². The van der Waals surface area contributed by atoms with E-state index in [9.17, 15) is 4.79 Å². The number of carbonyl (C=O) groups is 1. The highest BCUT2D eigenvalue weighted by molar-refractivity contribution is 8.01. The van der Waals surface area contributed by atoms with Crippen molar-refractivity contribution in [3.8, 4) is 0 Å². The Labute approximate surface area is 165 Å². The van der Waals surface area contributed by atoms with Crippen LogP contribution >= 0.6 is 46.3 Å². The molecule has 3 aliphatic heterocycles. The Hall–Kier alpha value is -0.720. The Morgan fingerprint density at radius 2 is 2.00 bits per heavy atom. The van der Waals surface area contributed by atoms with Gasteiger partial charge in [0.15, 0.2) is 0 Å². The van der Waals surface area contributed by atoms with Crippen molar-refractivity contribution in [2.75, 3.05) is 19.6 Å². The van der Waals surface area contributed by atoms with Crippen LogP contribution in [0.25, 0.3) is 0 Å². The van der Waals surface area contributed by atoms with Crippen molar-refractivity contribution in [3.05, 3.63) is 45.3 Å². The molecule has 4 heterocycles. The summed E-state index contributed by atoms with van der Waals surface area (Å²) in [6, 6.07) is 9.74. The van der Waals surface area contributed by atoms with Gasteiger partial charge in [-0.15, -0.1) is 11.3 Å². The maximum absolute atomic E-state index is 12.6. The van der Waals surface area contributed by atoms with E-state index in [0.29, 0.717) is 16.0 Å². The first-order valence-electron chi connectivity index (χ1n) is 8.35. The molecule has 1 aromatic heterocycles. The predicted molar refractivity (Wildman–Crippen MR) is 105 cm³/mol. The van der Waals surface area contributed by atoms with Crippen LogP contribution in [0.4, 0.5) is 0 Å². The predicted octanol–water partition coefficient (Wildman–Crippen LogP) is 5.03. The average Bonchev–Trinajstić information content (AvgIpc) is 3.09. The molecule has 0 aliphatic carbocycles. The van der Waals surface area contributed by atoms with Crippen molar-refractivity contribution in [2.45, 2.75) is 28.0 Å². The van der Waals surface area contributed by atoms with E-state index in [1.165, 1.54) is 49.0 Å². The van der Waals surface area contributed by atoms with Crippen LogP contribution in [0.3, 0.4) is 0 Å². The molecular formula is C18H18Cl2N2OS2. The van der Waals surface area contributed by atoms with Crippen LogP contribution in [0.5, 0.6) is 0 Å². The highest BCUT2D eigenvalue weighted by Gasteiger charge is 2.35. The molecule has 1 unspecified atom stereocenters. The van der Waals surface area contributed by atoms with E-state index in [2.05, 4.69) is 10.2 Å². The summed E-state index contributed by atoms with van der Waals surface area (Å²) in [5.74, 6) is 0.667. The summed E-state index contributed by atoms with van der Waals surface area (Å²) in [6.07, 6.45) is 2.40. The molecule has 2 bridgehead atoms. The molecule has 1 N–H and O–H groups in total. The van der Waals surface area contributed by atoms with E-state index in [0.717, 1.165) is 20.5 Å². The van der Waals surface area contributed by atoms with Crippen LogP contribution in [-0.2, 0) is 0 Å². The maximum atomic E-state index is 12.6. The second-order valence-electron chi connectivity index (χ2n) is 6.49. The second-order valence-corrected chi connectivity index (χ2v) is 9.70. The smallest absolute Gasteiger partial charge is 0.261 e. The zero-order valence-electron chi connectivity index (χ0n) is 13.5. The molecule has 7 heteroatoms. The lowest BCUT2D eigenvalue weighted by Gasteiger charge is -2.44. The first-order chi connectivity index (χ1) is 12.1. The normalized spacial score (nSPS) is 25.1. The number of hydrogen-bond acceptors (Lipinski definition) is 4. The number of rotatable bonds is 4. The number of thiophene rings is 1. The number of halogens is 2. The Morgan fingerprint density at radius 3 is 2.72 bits per heavy atom. The van der Waals surface area contributed by atoms with Gasteiger partial charge in [0.05, 0.1) is 19.1 Å². The molecule has 1 amide bonds. The van der Waals surface area contributed by atoms with Crippen LogP contribution in [0.2, 0.25) is 10.0 Å². The average molecular weight is 413 g/mol. The third kappa shape index (κ3) is 3.86. The molecule has 3 saturated heterocycles. The lowest BCUT2D eigenvalue weighted by molar-refractivity contribution is 0.0622. The molecule has 3 fully saturated rings. The largest absolute Gasteiger partial charge is 0.347 e. The molecule has 1 aromatic carbocycles. The number of nitrogens with one attached hydrogen (secondary N) is 1. The van der Waals surface area contributed by atoms with Gasteiger partial charge in [-0.2, -0.15) is 0 Å². The number of fused-ring (bicyclic) bond motifs is 3. The molecule has 3 nitrogen and oxygen atoms in total. The molecule has 2 aromatic rings. The highest BCUT2D eigenvalue weighted by Crippen LogP contribution is 2.39. The lowest BCUT2D eigenvalue weighted by Crippen LogP contribution is -2.57. The lowest BCUT2D eigenvalue weighted by atomic mass is 9.84. The van der Waals surface area contributed by atoms with Gasteiger partial charge in [0.25, 0.3) is 5.91 Å². The van der Waals surface area contributed by atoms with Crippen molar-refractivity contribution in [3.63, 3.8) is 0 Å². The Kier molecular flexibility index (Phi) is 5.30. The molecule has 3 aliphatic rings. The van der Waals surface area contributed by atoms with Crippen LogP contribution in [-0.4, -0.2) is 36.5 Å². The summed E-state index contributed by atoms with van der Waals surface area (Å²) in [5.41, 5.74) is 0. The fourth-order valence-corrected chi connectivity index (χ4v) is 6.05. The van der Waals surface area contributed by atoms with Crippen LogP contribution in [0, 0.1) is 5.92 Å². The maximum Gasteiger partial charge on any atom is 0.261 e. The number of nitrogens with zero attached hydrogens (tertiary/aromatic N) is 1. The molecule has 25 heavy (non-hydrogen) atoms. The summed E-state index contributed by atoms with van der Waals surface area (Å²) in [7, 11) is 0. The molecule has 0 saturated carbocycles. The summed E-state index contributed by atoms with van der Waals surface area (Å²) < 4.78 is 1.03. The van der Waals surface area contributed by atoms with Gasteiger partial charge in [-0.1, -0.05) is 41.0 Å². The summed E-state index contributed by atoms with van der Waals surface area (Å²) in [6.45, 7) is 3.34. The minimum atomic E-state index is 0.0350. The van der Waals surface area contributed by atoms with Crippen molar-refractivity contribution >= 4 is 52.2 Å². The minimum Gasteiger partial charge on any atom is -0.347 e. The third-order valence-corrected chi connectivity index (χ3v) is 8.11. The SMILES string of the molecule is O=C(NC1CN2CCC1CC2)c1ccc(Sc2cccc(Cl)c2Cl)s1. The first kappa shape index (κ1) is 17.7.